The van der Waals surface area contributed by atoms with Gasteiger partial charge >= 0.3 is 0 Å². The average molecular weight is 309 g/mol. The van der Waals surface area contributed by atoms with Crippen LogP contribution in [0.15, 0.2) is 18.2 Å². The zero-order valence-corrected chi connectivity index (χ0v) is 12.8. The Bertz CT molecular complexity index is 535. The summed E-state index contributed by atoms with van der Waals surface area (Å²) in [4.78, 5) is 10.3. The number of nitro groups is 1. The van der Waals surface area contributed by atoms with Gasteiger partial charge in [0.2, 0.25) is 0 Å². The Labute approximate surface area is 130 Å². The number of nitro benzene ring substituents is 1. The maximum atomic E-state index is 10.7. The summed E-state index contributed by atoms with van der Waals surface area (Å²) >= 11 is 6.16. The number of halogens is 1. The molecule has 3 rings (SSSR count). The van der Waals surface area contributed by atoms with Gasteiger partial charge in [-0.25, -0.2) is 0 Å². The highest BCUT2D eigenvalue weighted by Gasteiger charge is 2.32. The third-order valence-electron chi connectivity index (χ3n) is 5.06. The molecule has 2 aliphatic carbocycles. The fourth-order valence-corrected chi connectivity index (χ4v) is 4.19. The first-order chi connectivity index (χ1) is 10.1. The smallest absolute Gasteiger partial charge is 0.271 e. The van der Waals surface area contributed by atoms with Crippen LogP contribution in [0.4, 0.5) is 11.4 Å². The van der Waals surface area contributed by atoms with E-state index in [1.165, 1.54) is 57.1 Å². The molecule has 0 heterocycles. The van der Waals surface area contributed by atoms with E-state index in [0.29, 0.717) is 11.1 Å². The van der Waals surface area contributed by atoms with Crippen molar-refractivity contribution < 1.29 is 4.92 Å². The molecule has 3 unspecified atom stereocenters. The van der Waals surface area contributed by atoms with Crippen LogP contribution in [-0.4, -0.2) is 11.0 Å². The van der Waals surface area contributed by atoms with Crippen molar-refractivity contribution in [2.45, 2.75) is 51.0 Å². The summed E-state index contributed by atoms with van der Waals surface area (Å²) in [5.41, 5.74) is 0.864. The van der Waals surface area contributed by atoms with Gasteiger partial charge in [0.05, 0.1) is 15.6 Å². The highest BCUT2D eigenvalue weighted by Crippen LogP contribution is 2.41. The lowest BCUT2D eigenvalue weighted by molar-refractivity contribution is -0.384. The van der Waals surface area contributed by atoms with Gasteiger partial charge in [-0.05, 0) is 37.2 Å². The molecule has 1 N–H and O–H groups in total. The minimum atomic E-state index is -0.414. The molecule has 2 saturated carbocycles. The van der Waals surface area contributed by atoms with Gasteiger partial charge in [0, 0.05) is 18.2 Å². The first-order valence-electron chi connectivity index (χ1n) is 7.84. The van der Waals surface area contributed by atoms with Crippen LogP contribution < -0.4 is 5.32 Å². The summed E-state index contributed by atoms with van der Waals surface area (Å²) in [6.07, 6.45) is 9.20. The summed E-state index contributed by atoms with van der Waals surface area (Å²) in [7, 11) is 0. The van der Waals surface area contributed by atoms with Crippen molar-refractivity contribution in [1.82, 2.24) is 0 Å². The molecule has 0 radical (unpaired) electrons. The quantitative estimate of drug-likeness (QED) is 0.630. The fraction of sp³-hybridized carbons (Fsp3) is 0.625. The van der Waals surface area contributed by atoms with E-state index in [-0.39, 0.29) is 5.69 Å². The molecule has 5 heteroatoms. The molecule has 0 aromatic heterocycles. The maximum absolute atomic E-state index is 10.7. The Morgan fingerprint density at radius 1 is 1.14 bits per heavy atom. The SMILES string of the molecule is O=[N+]([O-])c1ccc(NC2CCC3CCCCC3C2)c(Cl)c1. The maximum Gasteiger partial charge on any atom is 0.271 e. The van der Waals surface area contributed by atoms with Crippen molar-refractivity contribution in [2.75, 3.05) is 5.32 Å². The summed E-state index contributed by atoms with van der Waals surface area (Å²) in [5, 5.41) is 14.7. The number of nitrogens with one attached hydrogen (secondary N) is 1. The molecule has 4 nitrogen and oxygen atoms in total. The van der Waals surface area contributed by atoms with Crippen molar-refractivity contribution in [3.63, 3.8) is 0 Å². The van der Waals surface area contributed by atoms with E-state index in [2.05, 4.69) is 5.32 Å². The Morgan fingerprint density at radius 3 is 2.62 bits per heavy atom. The third kappa shape index (κ3) is 3.31. The number of benzene rings is 1. The minimum Gasteiger partial charge on any atom is -0.381 e. The molecule has 0 aliphatic heterocycles. The second kappa shape index (κ2) is 6.22. The molecule has 2 fully saturated rings. The van der Waals surface area contributed by atoms with Gasteiger partial charge in [-0.1, -0.05) is 37.3 Å². The first-order valence-corrected chi connectivity index (χ1v) is 8.22. The third-order valence-corrected chi connectivity index (χ3v) is 5.38. The molecular formula is C16H21ClN2O2. The van der Waals surface area contributed by atoms with E-state index in [1.54, 1.807) is 6.07 Å². The molecule has 0 spiro atoms. The monoisotopic (exact) mass is 308 g/mol. The summed E-state index contributed by atoms with van der Waals surface area (Å²) in [5.74, 6) is 1.77. The van der Waals surface area contributed by atoms with E-state index < -0.39 is 4.92 Å². The fourth-order valence-electron chi connectivity index (χ4n) is 3.96. The second-order valence-electron chi connectivity index (χ2n) is 6.38. The molecule has 0 bridgehead atoms. The second-order valence-corrected chi connectivity index (χ2v) is 6.79. The molecule has 114 valence electrons. The van der Waals surface area contributed by atoms with Gasteiger partial charge in [-0.15, -0.1) is 0 Å². The normalized spacial score (nSPS) is 28.7. The molecule has 0 amide bonds. The molecule has 0 saturated heterocycles. The summed E-state index contributed by atoms with van der Waals surface area (Å²) < 4.78 is 0. The van der Waals surface area contributed by atoms with Gasteiger partial charge in [0.1, 0.15) is 0 Å². The number of nitrogens with zero attached hydrogens (tertiary/aromatic N) is 1. The van der Waals surface area contributed by atoms with Gasteiger partial charge < -0.3 is 5.32 Å². The summed E-state index contributed by atoms with van der Waals surface area (Å²) in [6.45, 7) is 0. The van der Waals surface area contributed by atoms with Gasteiger partial charge in [0.25, 0.3) is 5.69 Å². The van der Waals surface area contributed by atoms with Gasteiger partial charge in [-0.3, -0.25) is 10.1 Å². The number of hydrogen-bond donors (Lipinski definition) is 1. The van der Waals surface area contributed by atoms with Crippen LogP contribution in [0.2, 0.25) is 5.02 Å². The Kier molecular flexibility index (Phi) is 4.34. The lowest BCUT2D eigenvalue weighted by Gasteiger charge is -2.39. The number of rotatable bonds is 3. The highest BCUT2D eigenvalue weighted by atomic mass is 35.5. The van der Waals surface area contributed by atoms with Crippen molar-refractivity contribution in [3.8, 4) is 0 Å². The zero-order valence-electron chi connectivity index (χ0n) is 12.1. The van der Waals surface area contributed by atoms with Crippen molar-refractivity contribution in [3.05, 3.63) is 33.3 Å². The number of hydrogen-bond acceptors (Lipinski definition) is 3. The van der Waals surface area contributed by atoms with Gasteiger partial charge in [0.15, 0.2) is 0 Å². The van der Waals surface area contributed by atoms with Crippen molar-refractivity contribution >= 4 is 23.0 Å². The van der Waals surface area contributed by atoms with Crippen molar-refractivity contribution in [1.29, 1.82) is 0 Å². The van der Waals surface area contributed by atoms with E-state index in [9.17, 15) is 10.1 Å². The Balaban J connectivity index is 1.65. The van der Waals surface area contributed by atoms with Crippen LogP contribution in [0.25, 0.3) is 0 Å². The molecule has 2 aliphatic rings. The molecule has 3 atom stereocenters. The van der Waals surface area contributed by atoms with Crippen LogP contribution >= 0.6 is 11.6 Å². The zero-order chi connectivity index (χ0) is 14.8. The van der Waals surface area contributed by atoms with Crippen LogP contribution in [-0.2, 0) is 0 Å². The van der Waals surface area contributed by atoms with Crippen LogP contribution in [0.3, 0.4) is 0 Å². The van der Waals surface area contributed by atoms with E-state index >= 15 is 0 Å². The lowest BCUT2D eigenvalue weighted by Crippen LogP contribution is -2.34. The van der Waals surface area contributed by atoms with E-state index in [1.807, 2.05) is 0 Å². The predicted molar refractivity (Wildman–Crippen MR) is 84.8 cm³/mol. The Morgan fingerprint density at radius 2 is 1.90 bits per heavy atom. The number of fused-ring (bicyclic) bond motifs is 1. The first kappa shape index (κ1) is 14.6. The van der Waals surface area contributed by atoms with Gasteiger partial charge in [-0.2, -0.15) is 0 Å². The number of non-ortho nitro benzene ring substituents is 1. The number of anilines is 1. The van der Waals surface area contributed by atoms with Crippen LogP contribution in [0.1, 0.15) is 44.9 Å². The molecule has 21 heavy (non-hydrogen) atoms. The molecule has 1 aromatic rings. The average Bonchev–Trinajstić information content (AvgIpc) is 2.49. The van der Waals surface area contributed by atoms with Crippen LogP contribution in [0.5, 0.6) is 0 Å². The standard InChI is InChI=1S/C16H21ClN2O2/c17-15-10-14(19(20)21)7-8-16(15)18-13-6-5-11-3-1-2-4-12(11)9-13/h7-8,10-13,18H,1-6,9H2. The highest BCUT2D eigenvalue weighted by molar-refractivity contribution is 6.33. The van der Waals surface area contributed by atoms with E-state index in [4.69, 9.17) is 11.6 Å². The topological polar surface area (TPSA) is 55.2 Å². The Hall–Kier alpha value is -1.29. The van der Waals surface area contributed by atoms with Crippen molar-refractivity contribution in [2.24, 2.45) is 11.8 Å². The van der Waals surface area contributed by atoms with E-state index in [0.717, 1.165) is 17.5 Å². The molecule has 1 aromatic carbocycles. The molecular weight excluding hydrogens is 288 g/mol. The van der Waals surface area contributed by atoms with Crippen LogP contribution in [0, 0.1) is 22.0 Å². The predicted octanol–water partition coefficient (Wildman–Crippen LogP) is 5.02. The largest absolute Gasteiger partial charge is 0.381 e. The minimum absolute atomic E-state index is 0.0431. The summed E-state index contributed by atoms with van der Waals surface area (Å²) in [6, 6.07) is 5.12. The lowest BCUT2D eigenvalue weighted by atomic mass is 9.69.